The first-order valence-corrected chi connectivity index (χ1v) is 39.7. The van der Waals surface area contributed by atoms with E-state index in [4.69, 9.17) is 18.5 Å². The average molecular weight is 1330 g/mol. The van der Waals surface area contributed by atoms with Crippen molar-refractivity contribution in [1.29, 1.82) is 0 Å². The summed E-state index contributed by atoms with van der Waals surface area (Å²) < 4.78 is 34.4. The van der Waals surface area contributed by atoms with Crippen LogP contribution in [-0.2, 0) is 32.7 Å². The number of likely N-dealkylation sites (N-methyl/N-ethyl adjacent to an activating group) is 1. The van der Waals surface area contributed by atoms with Crippen molar-refractivity contribution >= 4 is 19.8 Å². The van der Waals surface area contributed by atoms with Crippen LogP contribution in [0.15, 0.2) is 158 Å². The first kappa shape index (κ1) is 89.6. The molecule has 536 valence electrons. The molecule has 94 heavy (non-hydrogen) atoms. The zero-order chi connectivity index (χ0) is 68.3. The smallest absolute Gasteiger partial charge is 0.306 e. The Labute approximate surface area is 579 Å². The minimum atomic E-state index is -4.66. The molecule has 0 rings (SSSR count). The molecule has 0 aliphatic rings. The maximum absolute atomic E-state index is 12.9. The van der Waals surface area contributed by atoms with Crippen LogP contribution in [0.25, 0.3) is 0 Å². The highest BCUT2D eigenvalue weighted by Gasteiger charge is 2.22. The first-order chi connectivity index (χ1) is 46.0. The highest BCUT2D eigenvalue weighted by Crippen LogP contribution is 2.38. The second-order valence-corrected chi connectivity index (χ2v) is 27.7. The van der Waals surface area contributed by atoms with Gasteiger partial charge in [0.1, 0.15) is 19.8 Å². The van der Waals surface area contributed by atoms with Crippen molar-refractivity contribution in [1.82, 2.24) is 0 Å². The molecule has 9 nitrogen and oxygen atoms in total. The van der Waals surface area contributed by atoms with Crippen LogP contribution in [0.5, 0.6) is 0 Å². The summed E-state index contributed by atoms with van der Waals surface area (Å²) in [4.78, 5) is 38.2. The molecule has 0 aromatic heterocycles. The minimum absolute atomic E-state index is 0.0385. The minimum Gasteiger partial charge on any atom is -0.756 e. The number of quaternary nitrogens is 1. The topological polar surface area (TPSA) is 111 Å². The molecule has 0 aliphatic heterocycles. The average Bonchev–Trinajstić information content (AvgIpc) is 1.56. The molecular weight excluding hydrogens is 1180 g/mol. The molecule has 0 radical (unpaired) electrons. The molecule has 0 saturated heterocycles. The molecule has 0 aromatic rings. The molecule has 0 amide bonds. The summed E-state index contributed by atoms with van der Waals surface area (Å²) in [7, 11) is 1.15. The molecule has 0 fully saturated rings. The van der Waals surface area contributed by atoms with Gasteiger partial charge in [0, 0.05) is 12.8 Å². The third-order valence-corrected chi connectivity index (χ3v) is 17.0. The summed E-state index contributed by atoms with van der Waals surface area (Å²) in [6, 6.07) is 0. The lowest BCUT2D eigenvalue weighted by atomic mass is 10.0. The lowest BCUT2D eigenvalue weighted by molar-refractivity contribution is -0.870. The van der Waals surface area contributed by atoms with E-state index in [2.05, 4.69) is 172 Å². The lowest BCUT2D eigenvalue weighted by Crippen LogP contribution is -2.37. The number of phosphoric ester groups is 1. The Morgan fingerprint density at radius 1 is 0.330 bits per heavy atom. The van der Waals surface area contributed by atoms with Crippen molar-refractivity contribution in [3.63, 3.8) is 0 Å². The van der Waals surface area contributed by atoms with Gasteiger partial charge in [-0.1, -0.05) is 332 Å². The fraction of sp³-hybridized carbons (Fsp3) is 0.667. The van der Waals surface area contributed by atoms with Crippen LogP contribution in [-0.4, -0.2) is 70.0 Å². The van der Waals surface area contributed by atoms with Crippen LogP contribution in [0.1, 0.15) is 309 Å². The standard InChI is InChI=1S/C84H142NO8P/c1-6-8-10-12-14-16-18-20-22-24-26-28-30-32-34-36-38-40-41-42-43-45-46-48-50-52-54-56-58-60-62-64-66-68-70-72-74-76-83(86)90-80-82(81-92-94(88,89)91-79-78-85(3,4)5)93-84(87)77-75-73-71-69-67-65-63-61-59-57-55-53-51-49-47-44-39-37-35-33-31-29-27-25-23-21-19-17-15-13-11-9-7-2/h8-11,14-17,20-23,26-29,32-35,39,44,49,51,55,57,82H,6-7,12-13,18-19,24-25,30-31,36-38,40-43,45-48,50,52-54,56,58-81H2,1-5H3/b10-8-,11-9-,16-14-,17-15-,22-20-,23-21-,28-26-,29-27-,34-32-,35-33-,44-39-,51-49-,57-55-. The molecule has 2 unspecified atom stereocenters. The van der Waals surface area contributed by atoms with Gasteiger partial charge in [-0.3, -0.25) is 14.2 Å². The third kappa shape index (κ3) is 76.6. The van der Waals surface area contributed by atoms with Crippen molar-refractivity contribution in [2.45, 2.75) is 315 Å². The normalized spacial score (nSPS) is 14.0. The number of nitrogens with zero attached hydrogens (tertiary/aromatic N) is 1. The maximum Gasteiger partial charge on any atom is 0.306 e. The number of phosphoric acid groups is 1. The summed E-state index contributed by atoms with van der Waals surface area (Å²) >= 11 is 0. The highest BCUT2D eigenvalue weighted by molar-refractivity contribution is 7.45. The Kier molecular flexibility index (Phi) is 69.5. The second kappa shape index (κ2) is 72.9. The molecule has 0 aromatic carbocycles. The van der Waals surface area contributed by atoms with Gasteiger partial charge in [-0.05, 0) is 122 Å². The number of allylic oxidation sites excluding steroid dienone is 26. The van der Waals surface area contributed by atoms with Gasteiger partial charge < -0.3 is 27.9 Å². The van der Waals surface area contributed by atoms with E-state index in [1.54, 1.807) is 0 Å². The molecular formula is C84H142NO8P. The van der Waals surface area contributed by atoms with Crippen LogP contribution < -0.4 is 4.89 Å². The third-order valence-electron chi connectivity index (χ3n) is 16.0. The van der Waals surface area contributed by atoms with Gasteiger partial charge in [0.25, 0.3) is 7.82 Å². The van der Waals surface area contributed by atoms with Gasteiger partial charge >= 0.3 is 11.9 Å². The van der Waals surface area contributed by atoms with Crippen molar-refractivity contribution < 1.29 is 42.1 Å². The van der Waals surface area contributed by atoms with E-state index in [1.807, 2.05) is 21.1 Å². The number of rotatable bonds is 69. The van der Waals surface area contributed by atoms with Gasteiger partial charge in [-0.2, -0.15) is 0 Å². The molecule has 0 saturated carbocycles. The summed E-state index contributed by atoms with van der Waals surface area (Å²) in [6.07, 6.45) is 109. The number of hydrogen-bond acceptors (Lipinski definition) is 8. The molecule has 0 spiro atoms. The lowest BCUT2D eigenvalue weighted by Gasteiger charge is -2.28. The molecule has 2 atom stereocenters. The monoisotopic (exact) mass is 1320 g/mol. The van der Waals surface area contributed by atoms with E-state index in [9.17, 15) is 19.0 Å². The Bertz CT molecular complexity index is 2150. The van der Waals surface area contributed by atoms with Crippen LogP contribution in [0.4, 0.5) is 0 Å². The Morgan fingerprint density at radius 3 is 0.851 bits per heavy atom. The first-order valence-electron chi connectivity index (χ1n) is 38.2. The molecule has 0 aliphatic carbocycles. The Morgan fingerprint density at radius 2 is 0.574 bits per heavy atom. The molecule has 0 N–H and O–H groups in total. The van der Waals surface area contributed by atoms with Crippen molar-refractivity contribution in [3.05, 3.63) is 158 Å². The van der Waals surface area contributed by atoms with Crippen molar-refractivity contribution in [2.24, 2.45) is 0 Å². The van der Waals surface area contributed by atoms with E-state index >= 15 is 0 Å². The summed E-state index contributed by atoms with van der Waals surface area (Å²) in [5, 5.41) is 0. The van der Waals surface area contributed by atoms with E-state index in [-0.39, 0.29) is 32.0 Å². The molecule has 0 heterocycles. The van der Waals surface area contributed by atoms with Crippen LogP contribution in [0.3, 0.4) is 0 Å². The zero-order valence-corrected chi connectivity index (χ0v) is 62.0. The quantitative estimate of drug-likeness (QED) is 0.0195. The van der Waals surface area contributed by atoms with Crippen LogP contribution in [0.2, 0.25) is 0 Å². The van der Waals surface area contributed by atoms with Crippen molar-refractivity contribution in [3.8, 4) is 0 Å². The fourth-order valence-electron chi connectivity index (χ4n) is 10.3. The number of carbonyl (C=O) groups excluding carboxylic acids is 2. The Hall–Kier alpha value is -4.37. The zero-order valence-electron chi connectivity index (χ0n) is 61.1. The predicted octanol–water partition coefficient (Wildman–Crippen LogP) is 24.9. The summed E-state index contributed by atoms with van der Waals surface area (Å²) in [5.41, 5.74) is 0. The SMILES string of the molecule is CC/C=C\C/C=C\C/C=C\C/C=C\C/C=C\C/C=C\C/C=C\C/C=C\CCCCCCCCCCC(=O)OC(COC(=O)CCCCCCCCCCCCCCCCCCCCCCC/C=C\C/C=C\C/C=C\C/C=C\C/C=C\CC)COP(=O)([O-])OCC[N+](C)(C)C. The maximum atomic E-state index is 12.9. The van der Waals surface area contributed by atoms with Gasteiger partial charge in [0.05, 0.1) is 27.7 Å². The van der Waals surface area contributed by atoms with E-state index in [0.717, 1.165) is 128 Å². The van der Waals surface area contributed by atoms with Crippen LogP contribution >= 0.6 is 7.82 Å². The number of unbranched alkanes of at least 4 members (excludes halogenated alkanes) is 29. The van der Waals surface area contributed by atoms with Crippen LogP contribution in [0, 0.1) is 0 Å². The summed E-state index contributed by atoms with van der Waals surface area (Å²) in [5.74, 6) is -0.841. The largest absolute Gasteiger partial charge is 0.756 e. The Balaban J connectivity index is 4.03. The fourth-order valence-corrected chi connectivity index (χ4v) is 11.0. The number of esters is 2. The van der Waals surface area contributed by atoms with Gasteiger partial charge in [-0.25, -0.2) is 0 Å². The van der Waals surface area contributed by atoms with Crippen molar-refractivity contribution in [2.75, 3.05) is 47.5 Å². The van der Waals surface area contributed by atoms with Gasteiger partial charge in [0.2, 0.25) is 0 Å². The number of hydrogen-bond donors (Lipinski definition) is 0. The highest BCUT2D eigenvalue weighted by atomic mass is 31.2. The van der Waals surface area contributed by atoms with E-state index < -0.39 is 26.5 Å². The number of ether oxygens (including phenoxy) is 2. The molecule has 10 heteroatoms. The van der Waals surface area contributed by atoms with E-state index in [1.165, 1.54) is 148 Å². The second-order valence-electron chi connectivity index (χ2n) is 26.3. The summed E-state index contributed by atoms with van der Waals surface area (Å²) in [6.45, 7) is 4.02. The van der Waals surface area contributed by atoms with Gasteiger partial charge in [-0.15, -0.1) is 0 Å². The van der Waals surface area contributed by atoms with Gasteiger partial charge in [0.15, 0.2) is 6.10 Å². The number of carbonyl (C=O) groups is 2. The van der Waals surface area contributed by atoms with E-state index in [0.29, 0.717) is 17.4 Å². The molecule has 0 bridgehead atoms. The predicted molar refractivity (Wildman–Crippen MR) is 406 cm³/mol.